The topological polar surface area (TPSA) is 245 Å². The maximum atomic E-state index is 12.2. The number of ketones is 4. The van der Waals surface area contributed by atoms with Gasteiger partial charge in [-0.2, -0.15) is 64.8 Å². The molecule has 16 nitrogen and oxygen atoms in total. The summed E-state index contributed by atoms with van der Waals surface area (Å²) < 4.78 is 182. The number of hydrogen-bond acceptors (Lipinski definition) is 16. The largest absolute Gasteiger partial charge is 0.534 e. The number of esters is 1. The highest BCUT2D eigenvalue weighted by atomic mass is 79.9. The molecule has 0 saturated heterocycles. The molecule has 0 aromatic heterocycles. The molecule has 0 heterocycles. The van der Waals surface area contributed by atoms with Gasteiger partial charge in [-0.3, -0.25) is 19.2 Å². The van der Waals surface area contributed by atoms with Crippen molar-refractivity contribution in [2.45, 2.75) is 93.6 Å². The van der Waals surface area contributed by atoms with Crippen molar-refractivity contribution >= 4 is 76.4 Å². The first-order chi connectivity index (χ1) is 34.2. The van der Waals surface area contributed by atoms with E-state index in [-0.39, 0.29) is 51.8 Å². The molecule has 8 rings (SSSR count). The summed E-state index contributed by atoms with van der Waals surface area (Å²) in [5.74, 6) is 0.845. The summed E-state index contributed by atoms with van der Waals surface area (Å²) >= 11 is 0. The normalized spacial score (nSPS) is 15.2. The van der Waals surface area contributed by atoms with Gasteiger partial charge in [-0.05, 0) is 140 Å². The Kier molecular flexibility index (Phi) is 21.8. The molecule has 412 valence electrons. The van der Waals surface area contributed by atoms with Crippen LogP contribution in [0.2, 0.25) is 0 Å². The van der Waals surface area contributed by atoms with Crippen molar-refractivity contribution in [1.82, 2.24) is 0 Å². The summed E-state index contributed by atoms with van der Waals surface area (Å²) in [5.41, 5.74) is -11.0. The van der Waals surface area contributed by atoms with Crippen LogP contribution in [0.3, 0.4) is 0 Å². The van der Waals surface area contributed by atoms with Crippen molar-refractivity contribution < 1.29 is 111 Å². The Bertz CT molecular complexity index is 3080. The predicted octanol–water partition coefficient (Wildman–Crippen LogP) is 9.83. The zero-order valence-corrected chi connectivity index (χ0v) is 43.2. The zero-order chi connectivity index (χ0) is 55.6. The molecule has 0 unspecified atom stereocenters. The van der Waals surface area contributed by atoms with Gasteiger partial charge in [0.05, 0.1) is 19.8 Å². The Labute approximate surface area is 433 Å². The highest BCUT2D eigenvalue weighted by Gasteiger charge is 2.57. The lowest BCUT2D eigenvalue weighted by Gasteiger charge is -2.16. The summed E-state index contributed by atoms with van der Waals surface area (Å²) in [6.07, 6.45) is 8.96. The van der Waals surface area contributed by atoms with Crippen LogP contribution in [0.15, 0.2) is 72.8 Å². The van der Waals surface area contributed by atoms with E-state index in [1.165, 1.54) is 13.2 Å². The molecular weight excluding hydrogens is 1160 g/mol. The number of halogens is 10. The van der Waals surface area contributed by atoms with Crippen LogP contribution in [0.25, 0.3) is 0 Å². The SMILES string of the molecule is Br.COC(=O)c1ccc2c(c1)CCCC2=O.COc1ccc2c(c1)CCCC2=O.O=C1CCCc2cc(O)ccc21.O=C1CCCc2cc(OS(=O)(=O)C(F)(F)F)ccc21.O=S(=O)(OS(=O)(=O)C(F)(F)F)C(F)(F)F. The van der Waals surface area contributed by atoms with Gasteiger partial charge < -0.3 is 18.8 Å². The van der Waals surface area contributed by atoms with Crippen LogP contribution >= 0.6 is 17.0 Å². The lowest BCUT2D eigenvalue weighted by molar-refractivity contribution is -0.0586. The van der Waals surface area contributed by atoms with Crippen LogP contribution in [0, 0.1) is 0 Å². The molecule has 0 aliphatic heterocycles. The van der Waals surface area contributed by atoms with Crippen LogP contribution in [-0.2, 0) is 64.4 Å². The summed E-state index contributed by atoms with van der Waals surface area (Å²) in [7, 11) is -16.4. The van der Waals surface area contributed by atoms with Crippen molar-refractivity contribution in [3.05, 3.63) is 123 Å². The van der Waals surface area contributed by atoms with Crippen LogP contribution in [0.4, 0.5) is 39.5 Å². The molecule has 4 aromatic rings. The van der Waals surface area contributed by atoms with Gasteiger partial charge >= 0.3 is 52.8 Å². The van der Waals surface area contributed by atoms with Crippen molar-refractivity contribution in [2.24, 2.45) is 0 Å². The van der Waals surface area contributed by atoms with Gasteiger partial charge in [-0.15, -0.1) is 20.6 Å². The number of fused-ring (bicyclic) bond motifs is 4. The van der Waals surface area contributed by atoms with Crippen LogP contribution in [-0.4, -0.2) is 90.2 Å². The molecule has 0 atom stereocenters. The zero-order valence-electron chi connectivity index (χ0n) is 39.0. The van der Waals surface area contributed by atoms with E-state index in [1.54, 1.807) is 43.5 Å². The first-order valence-electron chi connectivity index (χ1n) is 21.5. The summed E-state index contributed by atoms with van der Waals surface area (Å²) in [6, 6.07) is 19.3. The van der Waals surface area contributed by atoms with Gasteiger partial charge in [0.1, 0.15) is 17.2 Å². The van der Waals surface area contributed by atoms with E-state index < -0.39 is 52.6 Å². The van der Waals surface area contributed by atoms with Gasteiger partial charge in [-0.25, -0.2) is 4.79 Å². The Morgan fingerprint density at radius 1 is 0.467 bits per heavy atom. The number of phenolic OH excluding ortho intramolecular Hbond substituents is 1. The molecule has 29 heteroatoms. The quantitative estimate of drug-likeness (QED) is 0.0817. The number of carbonyl (C=O) groups excluding carboxylic acids is 5. The molecule has 75 heavy (non-hydrogen) atoms. The van der Waals surface area contributed by atoms with Crippen LogP contribution in [0.5, 0.6) is 17.2 Å². The smallest absolute Gasteiger partial charge is 0.508 e. The van der Waals surface area contributed by atoms with Crippen molar-refractivity contribution in [3.63, 3.8) is 0 Å². The van der Waals surface area contributed by atoms with Gasteiger partial charge in [0.25, 0.3) is 0 Å². The number of alkyl halides is 9. The third-order valence-electron chi connectivity index (χ3n) is 10.8. The van der Waals surface area contributed by atoms with Crippen LogP contribution < -0.4 is 8.92 Å². The number of aromatic hydroxyl groups is 1. The molecule has 4 aromatic carbocycles. The minimum atomic E-state index is -6.85. The number of rotatable bonds is 6. The summed E-state index contributed by atoms with van der Waals surface area (Å²) in [4.78, 5) is 57.1. The lowest BCUT2D eigenvalue weighted by Crippen LogP contribution is -2.34. The molecule has 1 N–H and O–H groups in total. The Balaban J connectivity index is 0.000000248. The number of hydrogen-bond donors (Lipinski definition) is 1. The lowest BCUT2D eigenvalue weighted by atomic mass is 9.89. The second kappa shape index (κ2) is 25.8. The Morgan fingerprint density at radius 3 is 1.17 bits per heavy atom. The minimum Gasteiger partial charge on any atom is -0.508 e. The average Bonchev–Trinajstić information content (AvgIpc) is 3.30. The van der Waals surface area contributed by atoms with Gasteiger partial charge in [-0.1, -0.05) is 6.07 Å². The number of ether oxygens (including phenoxy) is 2. The van der Waals surface area contributed by atoms with E-state index in [4.69, 9.17) is 9.84 Å². The Hall–Kier alpha value is -5.91. The van der Waals surface area contributed by atoms with Gasteiger partial charge in [0.2, 0.25) is 0 Å². The summed E-state index contributed by atoms with van der Waals surface area (Å²) in [5, 5.41) is 9.16. The average molecular weight is 1200 g/mol. The summed E-state index contributed by atoms with van der Waals surface area (Å²) in [6.45, 7) is 0. The fraction of sp³-hybridized carbons (Fsp3) is 0.370. The second-order valence-corrected chi connectivity index (χ2v) is 20.8. The molecule has 0 radical (unpaired) electrons. The van der Waals surface area contributed by atoms with Gasteiger partial charge in [0, 0.05) is 47.9 Å². The first-order valence-corrected chi connectivity index (χ1v) is 25.7. The van der Waals surface area contributed by atoms with E-state index in [1.807, 2.05) is 21.8 Å². The molecule has 4 aliphatic rings. The minimum absolute atomic E-state index is 0. The van der Waals surface area contributed by atoms with E-state index in [0.29, 0.717) is 55.2 Å². The monoisotopic (exact) mass is 1200 g/mol. The number of benzene rings is 4. The standard InChI is InChI=1S/C12H12O3.C11H9F3O4S.C11H12O2.C10H10O2.C2F6O5S2.BrH/c1-15-12(14)9-5-6-10-8(7-9)3-2-4-11(10)13;12-11(13,14)19(16,17)18-8-4-5-9-7(6-8)2-1-3-10(9)15;1-13-9-5-6-10-8(7-9)3-2-4-11(10)12;11-8-4-5-9-7(6-8)2-1-3-10(9)12;3-1(4,5)14(9,10)13-15(11,12)2(6,7)8;/h5-7H,2-4H2,1H3;4-6H,1-3H2;5-7H,2-4H2,1H3;4-6,11H,1-3H2;;1H. The molecule has 0 spiro atoms. The maximum absolute atomic E-state index is 12.2. The molecule has 0 amide bonds. The first kappa shape index (κ1) is 63.4. The second-order valence-electron chi connectivity index (χ2n) is 16.0. The van der Waals surface area contributed by atoms with Crippen LogP contribution in [0.1, 0.15) is 125 Å². The van der Waals surface area contributed by atoms with E-state index in [9.17, 15) is 88.7 Å². The van der Waals surface area contributed by atoms with E-state index >= 15 is 0 Å². The fourth-order valence-electron chi connectivity index (χ4n) is 7.32. The van der Waals surface area contributed by atoms with Crippen molar-refractivity contribution in [1.29, 1.82) is 0 Å². The van der Waals surface area contributed by atoms with E-state index in [0.717, 1.165) is 89.8 Å². The number of methoxy groups -OCH3 is 2. The highest BCUT2D eigenvalue weighted by Crippen LogP contribution is 2.33. The van der Waals surface area contributed by atoms with E-state index in [2.05, 4.69) is 8.92 Å². The van der Waals surface area contributed by atoms with Crippen molar-refractivity contribution in [2.75, 3.05) is 14.2 Å². The number of Topliss-reactive ketones (excluding diaryl/α,β-unsaturated/α-hetero) is 4. The maximum Gasteiger partial charge on any atom is 0.534 e. The van der Waals surface area contributed by atoms with Gasteiger partial charge in [0.15, 0.2) is 23.1 Å². The highest BCUT2D eigenvalue weighted by molar-refractivity contribution is 8.93. The molecular formula is C46H44BrF9O16S3. The predicted molar refractivity (Wildman–Crippen MR) is 251 cm³/mol. The number of aryl methyl sites for hydroxylation is 4. The molecule has 0 bridgehead atoms. The number of carbonyl (C=O) groups is 5. The molecule has 4 aliphatic carbocycles. The molecule has 0 fully saturated rings. The fourth-order valence-corrected chi connectivity index (χ4v) is 9.33. The number of phenols is 1. The molecule has 0 saturated carbocycles. The Morgan fingerprint density at radius 2 is 0.800 bits per heavy atom. The third kappa shape index (κ3) is 17.0. The third-order valence-corrected chi connectivity index (χ3v) is 14.4. The van der Waals surface area contributed by atoms with Crippen molar-refractivity contribution in [3.8, 4) is 17.2 Å².